The largest absolute Gasteiger partial charge is 0.497 e. The number of hydrogen-bond acceptors (Lipinski definition) is 4. The fourth-order valence-corrected chi connectivity index (χ4v) is 1.40. The molecule has 0 amide bonds. The molecule has 0 bridgehead atoms. The summed E-state index contributed by atoms with van der Waals surface area (Å²) >= 11 is 0. The van der Waals surface area contributed by atoms with Crippen LogP contribution in [-0.4, -0.2) is 25.4 Å². The standard InChI is InChI=1S/C11H17NO3/c1-11(7-13,8-15-12)9-3-5-10(14-2)6-4-9/h3-6,13H,7-8,12H2,1-2H3. The molecule has 1 aromatic carbocycles. The maximum absolute atomic E-state index is 9.33. The van der Waals surface area contributed by atoms with Crippen LogP contribution in [0, 0.1) is 0 Å². The molecule has 0 aromatic heterocycles. The summed E-state index contributed by atoms with van der Waals surface area (Å²) in [7, 11) is 1.61. The highest BCUT2D eigenvalue weighted by atomic mass is 16.6. The molecule has 1 unspecified atom stereocenters. The molecule has 4 nitrogen and oxygen atoms in total. The number of ether oxygens (including phenoxy) is 1. The van der Waals surface area contributed by atoms with Crippen LogP contribution >= 0.6 is 0 Å². The summed E-state index contributed by atoms with van der Waals surface area (Å²) in [5.41, 5.74) is 0.498. The molecule has 0 aliphatic heterocycles. The van der Waals surface area contributed by atoms with Crippen LogP contribution < -0.4 is 10.6 Å². The molecule has 84 valence electrons. The van der Waals surface area contributed by atoms with Crippen LogP contribution in [0.5, 0.6) is 5.75 Å². The molecule has 0 saturated carbocycles. The van der Waals surface area contributed by atoms with Gasteiger partial charge in [-0.3, -0.25) is 0 Å². The summed E-state index contributed by atoms with van der Waals surface area (Å²) in [4.78, 5) is 4.62. The Kier molecular flexibility index (Phi) is 4.08. The van der Waals surface area contributed by atoms with Gasteiger partial charge in [-0.2, -0.15) is 0 Å². The van der Waals surface area contributed by atoms with E-state index in [2.05, 4.69) is 4.84 Å². The predicted molar refractivity (Wildman–Crippen MR) is 57.6 cm³/mol. The second-order valence-electron chi connectivity index (χ2n) is 3.76. The second-order valence-corrected chi connectivity index (χ2v) is 3.76. The molecule has 0 spiro atoms. The highest BCUT2D eigenvalue weighted by Crippen LogP contribution is 2.25. The number of aliphatic hydroxyl groups is 1. The number of benzene rings is 1. The minimum Gasteiger partial charge on any atom is -0.497 e. The Morgan fingerprint density at radius 2 is 1.93 bits per heavy atom. The zero-order valence-corrected chi connectivity index (χ0v) is 9.06. The highest BCUT2D eigenvalue weighted by Gasteiger charge is 2.26. The van der Waals surface area contributed by atoms with Crippen LogP contribution in [0.3, 0.4) is 0 Å². The third-order valence-electron chi connectivity index (χ3n) is 2.54. The van der Waals surface area contributed by atoms with Crippen LogP contribution in [0.2, 0.25) is 0 Å². The van der Waals surface area contributed by atoms with Crippen LogP contribution in [0.4, 0.5) is 0 Å². The number of rotatable bonds is 5. The molecular weight excluding hydrogens is 194 g/mol. The van der Waals surface area contributed by atoms with Gasteiger partial charge in [-0.1, -0.05) is 19.1 Å². The maximum atomic E-state index is 9.33. The average molecular weight is 211 g/mol. The number of methoxy groups -OCH3 is 1. The molecule has 0 aliphatic rings. The summed E-state index contributed by atoms with van der Waals surface area (Å²) in [5, 5.41) is 9.33. The highest BCUT2D eigenvalue weighted by molar-refractivity contribution is 5.32. The van der Waals surface area contributed by atoms with Gasteiger partial charge < -0.3 is 14.7 Å². The topological polar surface area (TPSA) is 64.7 Å². The first-order valence-corrected chi connectivity index (χ1v) is 4.73. The van der Waals surface area contributed by atoms with Crippen molar-refractivity contribution < 1.29 is 14.7 Å². The van der Waals surface area contributed by atoms with Gasteiger partial charge in [-0.15, -0.1) is 0 Å². The van der Waals surface area contributed by atoms with Crippen LogP contribution in [0.1, 0.15) is 12.5 Å². The summed E-state index contributed by atoms with van der Waals surface area (Å²) in [6, 6.07) is 7.49. The molecular formula is C11H17NO3. The van der Waals surface area contributed by atoms with Crippen molar-refractivity contribution in [2.75, 3.05) is 20.3 Å². The Balaban J connectivity index is 2.92. The minimum atomic E-state index is -0.471. The van der Waals surface area contributed by atoms with Gasteiger partial charge in [-0.25, -0.2) is 5.90 Å². The zero-order valence-electron chi connectivity index (χ0n) is 9.06. The lowest BCUT2D eigenvalue weighted by atomic mass is 9.84. The van der Waals surface area contributed by atoms with Crippen molar-refractivity contribution >= 4 is 0 Å². The van der Waals surface area contributed by atoms with Crippen LogP contribution in [0.15, 0.2) is 24.3 Å². The normalized spacial score (nSPS) is 14.7. The van der Waals surface area contributed by atoms with E-state index < -0.39 is 5.41 Å². The van der Waals surface area contributed by atoms with Crippen molar-refractivity contribution in [3.05, 3.63) is 29.8 Å². The van der Waals surface area contributed by atoms with E-state index >= 15 is 0 Å². The maximum Gasteiger partial charge on any atom is 0.118 e. The number of hydrogen-bond donors (Lipinski definition) is 2. The molecule has 4 heteroatoms. The quantitative estimate of drug-likeness (QED) is 0.708. The summed E-state index contributed by atoms with van der Waals surface area (Å²) in [5.74, 6) is 5.83. The van der Waals surface area contributed by atoms with Gasteiger partial charge >= 0.3 is 0 Å². The SMILES string of the molecule is COc1ccc(C(C)(CO)CON)cc1. The number of aliphatic hydroxyl groups excluding tert-OH is 1. The molecule has 3 N–H and O–H groups in total. The Morgan fingerprint density at radius 3 is 2.33 bits per heavy atom. The van der Waals surface area contributed by atoms with E-state index in [1.54, 1.807) is 7.11 Å². The Bertz CT molecular complexity index is 299. The lowest BCUT2D eigenvalue weighted by Gasteiger charge is -2.26. The molecule has 0 fully saturated rings. The van der Waals surface area contributed by atoms with Crippen molar-refractivity contribution in [1.29, 1.82) is 0 Å². The van der Waals surface area contributed by atoms with E-state index in [1.165, 1.54) is 0 Å². The summed E-state index contributed by atoms with van der Waals surface area (Å²) in [6.07, 6.45) is 0. The molecule has 0 saturated heterocycles. The number of nitrogens with two attached hydrogens (primary N) is 1. The van der Waals surface area contributed by atoms with Gasteiger partial charge in [0.1, 0.15) is 5.75 Å². The molecule has 0 aliphatic carbocycles. The summed E-state index contributed by atoms with van der Waals surface area (Å²) < 4.78 is 5.06. The fraction of sp³-hybridized carbons (Fsp3) is 0.455. The van der Waals surface area contributed by atoms with E-state index in [4.69, 9.17) is 10.6 Å². The lowest BCUT2D eigenvalue weighted by Crippen LogP contribution is -2.33. The first-order valence-electron chi connectivity index (χ1n) is 4.73. The lowest BCUT2D eigenvalue weighted by molar-refractivity contribution is 0.0594. The molecule has 0 radical (unpaired) electrons. The molecule has 1 atom stereocenters. The first kappa shape index (κ1) is 12.0. The van der Waals surface area contributed by atoms with Crippen molar-refractivity contribution in [1.82, 2.24) is 0 Å². The Morgan fingerprint density at radius 1 is 1.33 bits per heavy atom. The van der Waals surface area contributed by atoms with E-state index in [-0.39, 0.29) is 13.2 Å². The van der Waals surface area contributed by atoms with Gasteiger partial charge in [-0.05, 0) is 17.7 Å². The van der Waals surface area contributed by atoms with E-state index in [0.29, 0.717) is 0 Å². The fourth-order valence-electron chi connectivity index (χ4n) is 1.40. The summed E-state index contributed by atoms with van der Waals surface area (Å²) in [6.45, 7) is 2.15. The van der Waals surface area contributed by atoms with Crippen molar-refractivity contribution in [2.45, 2.75) is 12.3 Å². The van der Waals surface area contributed by atoms with E-state index in [9.17, 15) is 5.11 Å². The van der Waals surface area contributed by atoms with Crippen LogP contribution in [-0.2, 0) is 10.3 Å². The monoisotopic (exact) mass is 211 g/mol. The average Bonchev–Trinajstić information content (AvgIpc) is 2.29. The van der Waals surface area contributed by atoms with Crippen LogP contribution in [0.25, 0.3) is 0 Å². The van der Waals surface area contributed by atoms with Gasteiger partial charge in [0.2, 0.25) is 0 Å². The van der Waals surface area contributed by atoms with Crippen molar-refractivity contribution in [3.8, 4) is 5.75 Å². The van der Waals surface area contributed by atoms with Crippen molar-refractivity contribution in [2.24, 2.45) is 5.90 Å². The predicted octanol–water partition coefficient (Wildman–Crippen LogP) is 0.835. The molecule has 1 rings (SSSR count). The van der Waals surface area contributed by atoms with Crippen molar-refractivity contribution in [3.63, 3.8) is 0 Å². The Hall–Kier alpha value is -1.10. The second kappa shape index (κ2) is 5.11. The van der Waals surface area contributed by atoms with Gasteiger partial charge in [0.05, 0.1) is 20.3 Å². The van der Waals surface area contributed by atoms with E-state index in [1.807, 2.05) is 31.2 Å². The zero-order chi connectivity index (χ0) is 11.3. The van der Waals surface area contributed by atoms with Gasteiger partial charge in [0.25, 0.3) is 0 Å². The Labute approximate surface area is 89.6 Å². The minimum absolute atomic E-state index is 0.0173. The molecule has 15 heavy (non-hydrogen) atoms. The smallest absolute Gasteiger partial charge is 0.118 e. The van der Waals surface area contributed by atoms with E-state index in [0.717, 1.165) is 11.3 Å². The molecule has 1 aromatic rings. The van der Waals surface area contributed by atoms with Gasteiger partial charge in [0, 0.05) is 5.41 Å². The van der Waals surface area contributed by atoms with Gasteiger partial charge in [0.15, 0.2) is 0 Å². The third-order valence-corrected chi connectivity index (χ3v) is 2.54. The molecule has 0 heterocycles. The third kappa shape index (κ3) is 2.68. The first-order chi connectivity index (χ1) is 7.16.